The van der Waals surface area contributed by atoms with Gasteiger partial charge in [0.15, 0.2) is 0 Å². The molecular weight excluding hydrogens is 236 g/mol. The number of hydrogen-bond donors (Lipinski definition) is 1. The lowest BCUT2D eigenvalue weighted by Crippen LogP contribution is -2.13. The van der Waals surface area contributed by atoms with Crippen molar-refractivity contribution in [2.24, 2.45) is 7.05 Å². The maximum atomic E-state index is 5.16. The summed E-state index contributed by atoms with van der Waals surface area (Å²) in [5.74, 6) is 0.770. The molecule has 0 aromatic carbocycles. The highest BCUT2D eigenvalue weighted by Gasteiger charge is 2.04. The van der Waals surface area contributed by atoms with Gasteiger partial charge >= 0.3 is 0 Å². The first kappa shape index (κ1) is 12.1. The molecule has 0 bridgehead atoms. The Morgan fingerprint density at radius 2 is 2.18 bits per heavy atom. The van der Waals surface area contributed by atoms with Gasteiger partial charge in [-0.2, -0.15) is 5.10 Å². The lowest BCUT2D eigenvalue weighted by Gasteiger charge is -1.98. The SMILES string of the molecule is COc1cc(CNCc2csc(C)n2)nn1C. The number of nitrogens with one attached hydrogen (secondary N) is 1. The van der Waals surface area contributed by atoms with Gasteiger partial charge in [-0.3, -0.25) is 0 Å². The van der Waals surface area contributed by atoms with Crippen LogP contribution in [0.2, 0.25) is 0 Å². The smallest absolute Gasteiger partial charge is 0.211 e. The van der Waals surface area contributed by atoms with E-state index in [2.05, 4.69) is 20.8 Å². The van der Waals surface area contributed by atoms with Crippen LogP contribution in [0, 0.1) is 6.92 Å². The molecule has 2 rings (SSSR count). The van der Waals surface area contributed by atoms with Gasteiger partial charge in [0.25, 0.3) is 0 Å². The van der Waals surface area contributed by atoms with E-state index in [9.17, 15) is 0 Å². The Kier molecular flexibility index (Phi) is 3.75. The zero-order chi connectivity index (χ0) is 12.3. The second-order valence-electron chi connectivity index (χ2n) is 3.76. The van der Waals surface area contributed by atoms with Crippen molar-refractivity contribution in [1.29, 1.82) is 0 Å². The van der Waals surface area contributed by atoms with Crippen LogP contribution in [0.3, 0.4) is 0 Å². The van der Waals surface area contributed by atoms with Crippen molar-refractivity contribution in [2.75, 3.05) is 7.11 Å². The van der Waals surface area contributed by atoms with E-state index in [1.807, 2.05) is 20.0 Å². The fourth-order valence-electron chi connectivity index (χ4n) is 1.59. The molecule has 0 amide bonds. The molecule has 2 aromatic rings. The van der Waals surface area contributed by atoms with Crippen LogP contribution in [0.5, 0.6) is 5.88 Å². The highest BCUT2D eigenvalue weighted by Crippen LogP contribution is 2.11. The Hall–Kier alpha value is -1.40. The lowest BCUT2D eigenvalue weighted by molar-refractivity contribution is 0.373. The minimum absolute atomic E-state index is 0.716. The molecule has 1 N–H and O–H groups in total. The van der Waals surface area contributed by atoms with Gasteiger partial charge in [0.05, 0.1) is 23.5 Å². The van der Waals surface area contributed by atoms with Crippen LogP contribution in [0.15, 0.2) is 11.4 Å². The molecule has 92 valence electrons. The van der Waals surface area contributed by atoms with Gasteiger partial charge in [0, 0.05) is 31.6 Å². The van der Waals surface area contributed by atoms with Crippen molar-refractivity contribution >= 4 is 11.3 Å². The van der Waals surface area contributed by atoms with Crippen LogP contribution in [-0.4, -0.2) is 21.9 Å². The second-order valence-corrected chi connectivity index (χ2v) is 4.83. The van der Waals surface area contributed by atoms with Crippen molar-refractivity contribution in [2.45, 2.75) is 20.0 Å². The average Bonchev–Trinajstić information content (AvgIpc) is 2.85. The molecule has 0 radical (unpaired) electrons. The largest absolute Gasteiger partial charge is 0.481 e. The third-order valence-electron chi connectivity index (χ3n) is 2.38. The highest BCUT2D eigenvalue weighted by molar-refractivity contribution is 7.09. The molecule has 0 atom stereocenters. The number of aryl methyl sites for hydroxylation is 2. The first-order chi connectivity index (χ1) is 8.19. The molecule has 0 saturated heterocycles. The Bertz CT molecular complexity index is 491. The van der Waals surface area contributed by atoms with Gasteiger partial charge in [-0.1, -0.05) is 0 Å². The Morgan fingerprint density at radius 1 is 1.41 bits per heavy atom. The maximum absolute atomic E-state index is 5.16. The standard InChI is InChI=1S/C11H16N4OS/c1-8-13-10(7-17-8)6-12-5-9-4-11(16-3)15(2)14-9/h4,7,12H,5-6H2,1-3H3. The third kappa shape index (κ3) is 3.04. The fraction of sp³-hybridized carbons (Fsp3) is 0.455. The summed E-state index contributed by atoms with van der Waals surface area (Å²) in [6.45, 7) is 3.49. The van der Waals surface area contributed by atoms with Crippen LogP contribution in [-0.2, 0) is 20.1 Å². The molecule has 0 aliphatic rings. The number of methoxy groups -OCH3 is 1. The first-order valence-electron chi connectivity index (χ1n) is 5.37. The Labute approximate surface area is 104 Å². The van der Waals surface area contributed by atoms with E-state index in [4.69, 9.17) is 4.74 Å². The first-order valence-corrected chi connectivity index (χ1v) is 6.25. The summed E-state index contributed by atoms with van der Waals surface area (Å²) in [7, 11) is 3.51. The van der Waals surface area contributed by atoms with E-state index in [1.54, 1.807) is 23.1 Å². The zero-order valence-electron chi connectivity index (χ0n) is 10.2. The van der Waals surface area contributed by atoms with Crippen molar-refractivity contribution < 1.29 is 4.74 Å². The van der Waals surface area contributed by atoms with Gasteiger partial charge < -0.3 is 10.1 Å². The van der Waals surface area contributed by atoms with Gasteiger partial charge in [0.1, 0.15) is 0 Å². The molecule has 0 unspecified atom stereocenters. The molecule has 6 heteroatoms. The maximum Gasteiger partial charge on any atom is 0.211 e. The van der Waals surface area contributed by atoms with E-state index >= 15 is 0 Å². The van der Waals surface area contributed by atoms with Crippen LogP contribution >= 0.6 is 11.3 Å². The van der Waals surface area contributed by atoms with Gasteiger partial charge in [-0.15, -0.1) is 11.3 Å². The molecule has 2 heterocycles. The monoisotopic (exact) mass is 252 g/mol. The summed E-state index contributed by atoms with van der Waals surface area (Å²) < 4.78 is 6.88. The molecule has 0 spiro atoms. The molecule has 5 nitrogen and oxygen atoms in total. The predicted octanol–water partition coefficient (Wildman–Crippen LogP) is 1.48. The number of rotatable bonds is 5. The quantitative estimate of drug-likeness (QED) is 0.876. The summed E-state index contributed by atoms with van der Waals surface area (Å²) in [5, 5.41) is 10.8. The van der Waals surface area contributed by atoms with Crippen LogP contribution in [0.4, 0.5) is 0 Å². The molecule has 0 aliphatic heterocycles. The topological polar surface area (TPSA) is 52.0 Å². The minimum Gasteiger partial charge on any atom is -0.481 e. The molecule has 0 saturated carbocycles. The van der Waals surface area contributed by atoms with Crippen LogP contribution in [0.25, 0.3) is 0 Å². The van der Waals surface area contributed by atoms with Crippen molar-refractivity contribution in [3.63, 3.8) is 0 Å². The number of ether oxygens (including phenoxy) is 1. The van der Waals surface area contributed by atoms with Gasteiger partial charge in [0.2, 0.25) is 5.88 Å². The zero-order valence-corrected chi connectivity index (χ0v) is 11.0. The minimum atomic E-state index is 0.716. The molecule has 17 heavy (non-hydrogen) atoms. The van der Waals surface area contributed by atoms with Crippen molar-refractivity contribution in [3.05, 3.63) is 27.8 Å². The second kappa shape index (κ2) is 5.29. The van der Waals surface area contributed by atoms with E-state index in [1.165, 1.54) is 0 Å². The van der Waals surface area contributed by atoms with E-state index < -0.39 is 0 Å². The van der Waals surface area contributed by atoms with E-state index in [0.29, 0.717) is 6.54 Å². The summed E-state index contributed by atoms with van der Waals surface area (Å²) in [5.41, 5.74) is 2.05. The highest BCUT2D eigenvalue weighted by atomic mass is 32.1. The van der Waals surface area contributed by atoms with Crippen molar-refractivity contribution in [1.82, 2.24) is 20.1 Å². The number of thiazole rings is 1. The Balaban J connectivity index is 1.85. The van der Waals surface area contributed by atoms with E-state index in [0.717, 1.165) is 28.8 Å². The molecule has 0 aliphatic carbocycles. The molecule has 2 aromatic heterocycles. The summed E-state index contributed by atoms with van der Waals surface area (Å²) in [6, 6.07) is 1.93. The predicted molar refractivity (Wildman–Crippen MR) is 67.2 cm³/mol. The fourth-order valence-corrected chi connectivity index (χ4v) is 2.20. The van der Waals surface area contributed by atoms with Crippen LogP contribution in [0.1, 0.15) is 16.4 Å². The van der Waals surface area contributed by atoms with Crippen LogP contribution < -0.4 is 10.1 Å². The van der Waals surface area contributed by atoms with Crippen molar-refractivity contribution in [3.8, 4) is 5.88 Å². The van der Waals surface area contributed by atoms with Gasteiger partial charge in [-0.25, -0.2) is 9.67 Å². The normalized spacial score (nSPS) is 10.8. The van der Waals surface area contributed by atoms with Gasteiger partial charge in [-0.05, 0) is 6.92 Å². The number of hydrogen-bond acceptors (Lipinski definition) is 5. The number of aromatic nitrogens is 3. The Morgan fingerprint density at radius 3 is 2.76 bits per heavy atom. The molecular formula is C11H16N4OS. The van der Waals surface area contributed by atoms with E-state index in [-0.39, 0.29) is 0 Å². The summed E-state index contributed by atoms with van der Waals surface area (Å²) in [4.78, 5) is 4.39. The number of nitrogens with zero attached hydrogens (tertiary/aromatic N) is 3. The third-order valence-corrected chi connectivity index (χ3v) is 3.20. The lowest BCUT2D eigenvalue weighted by atomic mass is 10.4. The average molecular weight is 252 g/mol. The molecule has 0 fully saturated rings. The summed E-state index contributed by atoms with van der Waals surface area (Å²) in [6.07, 6.45) is 0. The summed E-state index contributed by atoms with van der Waals surface area (Å²) >= 11 is 1.67.